The van der Waals surface area contributed by atoms with Crippen LogP contribution in [0.15, 0.2) is 46.9 Å². The smallest absolute Gasteiger partial charge is 0.240 e. The highest BCUT2D eigenvalue weighted by atomic mass is 79.9. The number of carbonyl (C=O) groups excluding carboxylic acids is 1. The van der Waals surface area contributed by atoms with Crippen molar-refractivity contribution in [1.29, 1.82) is 0 Å². The molecule has 5 heteroatoms. The Kier molecular flexibility index (Phi) is 3.54. The number of aromatic nitrogens is 2. The van der Waals surface area contributed by atoms with Gasteiger partial charge >= 0.3 is 0 Å². The second-order valence-electron chi connectivity index (χ2n) is 4.35. The summed E-state index contributed by atoms with van der Waals surface area (Å²) in [6.45, 7) is 0. The van der Waals surface area contributed by atoms with Crippen molar-refractivity contribution in [2.45, 2.75) is 0 Å². The van der Waals surface area contributed by atoms with Gasteiger partial charge in [-0.05, 0) is 30.2 Å². The number of pyridine rings is 1. The van der Waals surface area contributed by atoms with Gasteiger partial charge < -0.3 is 0 Å². The lowest BCUT2D eigenvalue weighted by Crippen LogP contribution is -1.96. The Hall–Kier alpha value is -2.09. The minimum absolute atomic E-state index is 0.387. The molecule has 0 radical (unpaired) electrons. The Labute approximate surface area is 134 Å². The first-order valence-electron chi connectivity index (χ1n) is 6.06. The van der Waals surface area contributed by atoms with E-state index in [0.29, 0.717) is 21.9 Å². The number of hydrogen-bond acceptors (Lipinski definition) is 2. The molecule has 102 valence electrons. The fourth-order valence-electron chi connectivity index (χ4n) is 2.17. The first kappa shape index (κ1) is 13.9. The second-order valence-corrected chi connectivity index (χ2v) is 5.66. The molecule has 0 N–H and O–H groups in total. The van der Waals surface area contributed by atoms with Crippen LogP contribution in [0.5, 0.6) is 0 Å². The maximum atomic E-state index is 12.1. The minimum atomic E-state index is -0.415. The molecule has 0 aliphatic carbocycles. The topological polar surface area (TPSA) is 34.4 Å². The van der Waals surface area contributed by atoms with E-state index >= 15 is 0 Å². The number of carbonyl (C=O) groups is 1. The van der Waals surface area contributed by atoms with Crippen LogP contribution in [0.4, 0.5) is 0 Å². The molecule has 0 amide bonds. The highest BCUT2D eigenvalue weighted by Crippen LogP contribution is 2.29. The Balaban J connectivity index is 2.40. The standard InChI is InChI=1S/C16H8BrClN2O/c1-2-13(21)15-12-7-4-8-14(18)20(12)19-16(15)10-5-3-6-11(17)9-10/h1,3-9H. The lowest BCUT2D eigenvalue weighted by molar-refractivity contribution is 0.105. The number of Topliss-reactive ketones (excluding diaryl/α,β-unsaturated/α-hetero) is 1. The largest absolute Gasteiger partial charge is 0.279 e. The number of fused-ring (bicyclic) bond motifs is 1. The van der Waals surface area contributed by atoms with Gasteiger partial charge in [0.15, 0.2) is 0 Å². The Bertz CT molecular complexity index is 908. The number of halogens is 2. The maximum Gasteiger partial charge on any atom is 0.240 e. The van der Waals surface area contributed by atoms with E-state index in [1.807, 2.05) is 24.3 Å². The monoisotopic (exact) mass is 358 g/mol. The van der Waals surface area contributed by atoms with Crippen LogP contribution in [0, 0.1) is 12.3 Å². The second kappa shape index (κ2) is 5.36. The first-order valence-corrected chi connectivity index (χ1v) is 7.23. The highest BCUT2D eigenvalue weighted by Gasteiger charge is 2.20. The fraction of sp³-hybridized carbons (Fsp3) is 0. The molecule has 1 aromatic carbocycles. The summed E-state index contributed by atoms with van der Waals surface area (Å²) in [6.07, 6.45) is 5.29. The van der Waals surface area contributed by atoms with Crippen LogP contribution in [-0.4, -0.2) is 15.4 Å². The molecule has 0 unspecified atom stereocenters. The number of nitrogens with zero attached hydrogens (tertiary/aromatic N) is 2. The van der Waals surface area contributed by atoms with Crippen molar-refractivity contribution in [3.63, 3.8) is 0 Å². The Morgan fingerprint density at radius 2 is 2.05 bits per heavy atom. The van der Waals surface area contributed by atoms with Gasteiger partial charge in [0, 0.05) is 10.0 Å². The van der Waals surface area contributed by atoms with Gasteiger partial charge in [-0.3, -0.25) is 4.79 Å². The van der Waals surface area contributed by atoms with Crippen molar-refractivity contribution in [3.05, 3.63) is 57.7 Å². The van der Waals surface area contributed by atoms with Crippen LogP contribution in [0.25, 0.3) is 16.8 Å². The number of rotatable bonds is 2. The predicted octanol–water partition coefficient (Wildman–Crippen LogP) is 4.23. The van der Waals surface area contributed by atoms with E-state index in [9.17, 15) is 4.79 Å². The lowest BCUT2D eigenvalue weighted by Gasteiger charge is -2.00. The summed E-state index contributed by atoms with van der Waals surface area (Å²) in [4.78, 5) is 12.1. The van der Waals surface area contributed by atoms with Gasteiger partial charge in [0.05, 0.1) is 11.1 Å². The van der Waals surface area contributed by atoms with E-state index < -0.39 is 5.78 Å². The van der Waals surface area contributed by atoms with Gasteiger partial charge in [0.25, 0.3) is 0 Å². The van der Waals surface area contributed by atoms with Gasteiger partial charge in [-0.2, -0.15) is 5.10 Å². The van der Waals surface area contributed by atoms with Crippen molar-refractivity contribution < 1.29 is 4.79 Å². The SMILES string of the molecule is C#CC(=O)c1c(-c2cccc(Br)c2)nn2c(Cl)cccc12. The van der Waals surface area contributed by atoms with E-state index in [-0.39, 0.29) is 0 Å². The normalized spacial score (nSPS) is 10.5. The molecule has 3 rings (SSSR count). The van der Waals surface area contributed by atoms with E-state index in [1.54, 1.807) is 18.2 Å². The summed E-state index contributed by atoms with van der Waals surface area (Å²) in [7, 11) is 0. The van der Waals surface area contributed by atoms with Crippen molar-refractivity contribution in [2.24, 2.45) is 0 Å². The van der Waals surface area contributed by atoms with Crippen molar-refractivity contribution >= 4 is 38.8 Å². The lowest BCUT2D eigenvalue weighted by atomic mass is 10.0. The third-order valence-electron chi connectivity index (χ3n) is 3.07. The van der Waals surface area contributed by atoms with Crippen LogP contribution >= 0.6 is 27.5 Å². The van der Waals surface area contributed by atoms with E-state index in [1.165, 1.54) is 4.52 Å². The van der Waals surface area contributed by atoms with Gasteiger partial charge in [-0.25, -0.2) is 4.52 Å². The minimum Gasteiger partial charge on any atom is -0.279 e. The highest BCUT2D eigenvalue weighted by molar-refractivity contribution is 9.10. The fourth-order valence-corrected chi connectivity index (χ4v) is 2.77. The van der Waals surface area contributed by atoms with Crippen LogP contribution < -0.4 is 0 Å². The molecule has 0 saturated heterocycles. The van der Waals surface area contributed by atoms with Gasteiger partial charge in [-0.1, -0.05) is 45.7 Å². The van der Waals surface area contributed by atoms with Gasteiger partial charge in [0.1, 0.15) is 10.8 Å². The third kappa shape index (κ3) is 2.35. The zero-order chi connectivity index (χ0) is 15.0. The third-order valence-corrected chi connectivity index (χ3v) is 3.85. The molecule has 2 aromatic heterocycles. The van der Waals surface area contributed by atoms with E-state index in [4.69, 9.17) is 18.0 Å². The molecule has 0 atom stereocenters. The van der Waals surface area contributed by atoms with E-state index in [0.717, 1.165) is 10.0 Å². The molecule has 0 fully saturated rings. The molecule has 0 saturated carbocycles. The number of ketones is 1. The molecular formula is C16H8BrClN2O. The summed E-state index contributed by atoms with van der Waals surface area (Å²) >= 11 is 9.55. The molecule has 0 spiro atoms. The van der Waals surface area contributed by atoms with Crippen LogP contribution in [-0.2, 0) is 0 Å². The molecule has 0 aliphatic rings. The summed E-state index contributed by atoms with van der Waals surface area (Å²) in [5, 5.41) is 4.86. The number of hydrogen-bond donors (Lipinski definition) is 0. The molecule has 0 aliphatic heterocycles. The van der Waals surface area contributed by atoms with E-state index in [2.05, 4.69) is 26.9 Å². The molecule has 21 heavy (non-hydrogen) atoms. The maximum absolute atomic E-state index is 12.1. The molecule has 0 bridgehead atoms. The van der Waals surface area contributed by atoms with Gasteiger partial charge in [0.2, 0.25) is 5.78 Å². The first-order chi connectivity index (χ1) is 10.1. The molecule has 3 nitrogen and oxygen atoms in total. The molecular weight excluding hydrogens is 352 g/mol. The summed E-state index contributed by atoms with van der Waals surface area (Å²) in [5.41, 5.74) is 2.30. The molecule has 3 aromatic rings. The summed E-state index contributed by atoms with van der Waals surface area (Å²) in [5.74, 6) is 1.74. The van der Waals surface area contributed by atoms with Crippen LogP contribution in [0.2, 0.25) is 5.15 Å². The number of terminal acetylenes is 1. The predicted molar refractivity (Wildman–Crippen MR) is 86.5 cm³/mol. The average molecular weight is 360 g/mol. The van der Waals surface area contributed by atoms with Gasteiger partial charge in [-0.15, -0.1) is 6.42 Å². The zero-order valence-corrected chi connectivity index (χ0v) is 13.0. The summed E-state index contributed by atoms with van der Waals surface area (Å²) < 4.78 is 2.41. The quantitative estimate of drug-likeness (QED) is 0.297. The summed E-state index contributed by atoms with van der Waals surface area (Å²) in [6, 6.07) is 12.7. The Morgan fingerprint density at radius 3 is 2.76 bits per heavy atom. The van der Waals surface area contributed by atoms with Crippen molar-refractivity contribution in [3.8, 4) is 23.6 Å². The molecule has 2 heterocycles. The van der Waals surface area contributed by atoms with Crippen LogP contribution in [0.1, 0.15) is 10.4 Å². The Morgan fingerprint density at radius 1 is 1.29 bits per heavy atom. The zero-order valence-electron chi connectivity index (χ0n) is 10.7. The average Bonchev–Trinajstić information content (AvgIpc) is 2.87. The number of benzene rings is 1. The van der Waals surface area contributed by atoms with Crippen molar-refractivity contribution in [2.75, 3.05) is 0 Å². The van der Waals surface area contributed by atoms with Crippen LogP contribution in [0.3, 0.4) is 0 Å². The van der Waals surface area contributed by atoms with Crippen molar-refractivity contribution in [1.82, 2.24) is 9.61 Å².